The topological polar surface area (TPSA) is 71.3 Å². The molecule has 2 aromatic rings. The molecule has 6 heteroatoms. The molecule has 0 bridgehead atoms. The molecular weight excluding hydrogens is 230 g/mol. The number of nitrogens with one attached hydrogen (secondary N) is 2. The van der Waals surface area contributed by atoms with Crippen molar-refractivity contribution in [1.82, 2.24) is 25.2 Å². The van der Waals surface area contributed by atoms with E-state index >= 15 is 0 Å². The van der Waals surface area contributed by atoms with Crippen molar-refractivity contribution in [3.63, 3.8) is 0 Å². The summed E-state index contributed by atoms with van der Waals surface area (Å²) in [5, 5.41) is 14.0. The Hall–Kier alpha value is -1.95. The number of rotatable bonds is 6. The Morgan fingerprint density at radius 3 is 3.06 bits per heavy atom. The van der Waals surface area contributed by atoms with Crippen molar-refractivity contribution in [2.45, 2.75) is 12.8 Å². The van der Waals surface area contributed by atoms with Gasteiger partial charge in [0, 0.05) is 32.1 Å². The van der Waals surface area contributed by atoms with Crippen LogP contribution in [0.2, 0.25) is 0 Å². The molecule has 0 aromatic carbocycles. The van der Waals surface area contributed by atoms with Gasteiger partial charge in [-0.1, -0.05) is 6.07 Å². The number of hydrogen-bond acceptors (Lipinski definition) is 4. The molecule has 0 aliphatic heterocycles. The van der Waals surface area contributed by atoms with Crippen LogP contribution in [0.15, 0.2) is 24.4 Å². The van der Waals surface area contributed by atoms with Crippen LogP contribution in [0.3, 0.4) is 0 Å². The second kappa shape index (κ2) is 6.11. The first-order chi connectivity index (χ1) is 8.81. The molecule has 2 N–H and O–H groups in total. The highest BCUT2D eigenvalue weighted by molar-refractivity contribution is 5.76. The van der Waals surface area contributed by atoms with Crippen LogP contribution in [0.25, 0.3) is 5.65 Å². The highest BCUT2D eigenvalue weighted by Gasteiger charge is 2.05. The Bertz CT molecular complexity index is 522. The van der Waals surface area contributed by atoms with E-state index in [0.717, 1.165) is 11.5 Å². The average molecular weight is 247 g/mol. The van der Waals surface area contributed by atoms with E-state index in [0.29, 0.717) is 25.9 Å². The number of fused-ring (bicyclic) bond motifs is 1. The normalized spacial score (nSPS) is 10.7. The molecule has 0 unspecified atom stereocenters. The smallest absolute Gasteiger partial charge is 0.221 e. The van der Waals surface area contributed by atoms with Crippen molar-refractivity contribution in [1.29, 1.82) is 0 Å². The molecule has 0 saturated heterocycles. The van der Waals surface area contributed by atoms with Gasteiger partial charge in [-0.2, -0.15) is 0 Å². The fraction of sp³-hybridized carbons (Fsp3) is 0.417. The first-order valence-electron chi connectivity index (χ1n) is 6.01. The quantitative estimate of drug-likeness (QED) is 0.753. The first-order valence-corrected chi connectivity index (χ1v) is 6.01. The summed E-state index contributed by atoms with van der Waals surface area (Å²) in [5.74, 6) is 0.915. The molecule has 0 saturated carbocycles. The molecule has 0 radical (unpaired) electrons. The number of aromatic nitrogens is 3. The molecule has 2 heterocycles. The minimum Gasteiger partial charge on any atom is -0.356 e. The number of nitrogens with zero attached hydrogens (tertiary/aromatic N) is 3. The maximum absolute atomic E-state index is 11.4. The molecule has 0 fully saturated rings. The summed E-state index contributed by atoms with van der Waals surface area (Å²) >= 11 is 0. The van der Waals surface area contributed by atoms with Crippen LogP contribution in [-0.2, 0) is 11.2 Å². The third kappa shape index (κ3) is 3.04. The van der Waals surface area contributed by atoms with E-state index in [-0.39, 0.29) is 5.91 Å². The molecule has 0 aliphatic rings. The van der Waals surface area contributed by atoms with E-state index < -0.39 is 0 Å². The Labute approximate surface area is 105 Å². The van der Waals surface area contributed by atoms with E-state index in [9.17, 15) is 4.79 Å². The van der Waals surface area contributed by atoms with Crippen molar-refractivity contribution in [2.75, 3.05) is 20.1 Å². The van der Waals surface area contributed by atoms with Crippen LogP contribution < -0.4 is 10.6 Å². The number of carbonyl (C=O) groups excluding carboxylic acids is 1. The van der Waals surface area contributed by atoms with Crippen LogP contribution in [-0.4, -0.2) is 40.6 Å². The largest absolute Gasteiger partial charge is 0.356 e. The van der Waals surface area contributed by atoms with E-state index in [4.69, 9.17) is 0 Å². The Morgan fingerprint density at radius 1 is 1.33 bits per heavy atom. The second-order valence-corrected chi connectivity index (χ2v) is 4.00. The maximum atomic E-state index is 11.4. The summed E-state index contributed by atoms with van der Waals surface area (Å²) in [4.78, 5) is 11.4. The summed E-state index contributed by atoms with van der Waals surface area (Å²) in [5.41, 5.74) is 0.828. The van der Waals surface area contributed by atoms with Gasteiger partial charge in [-0.15, -0.1) is 10.2 Å². The fourth-order valence-corrected chi connectivity index (χ4v) is 1.70. The highest BCUT2D eigenvalue weighted by Crippen LogP contribution is 2.02. The number of hydrogen-bond donors (Lipinski definition) is 2. The molecule has 0 aliphatic carbocycles. The van der Waals surface area contributed by atoms with Crippen LogP contribution >= 0.6 is 0 Å². The molecule has 96 valence electrons. The summed E-state index contributed by atoms with van der Waals surface area (Å²) in [7, 11) is 1.83. The fourth-order valence-electron chi connectivity index (χ4n) is 1.70. The molecule has 2 aromatic heterocycles. The summed E-state index contributed by atoms with van der Waals surface area (Å²) < 4.78 is 1.93. The van der Waals surface area contributed by atoms with Crippen molar-refractivity contribution in [2.24, 2.45) is 0 Å². The lowest BCUT2D eigenvalue weighted by Crippen LogP contribution is -2.28. The van der Waals surface area contributed by atoms with Gasteiger partial charge in [-0.3, -0.25) is 9.20 Å². The van der Waals surface area contributed by atoms with E-state index in [1.165, 1.54) is 0 Å². The molecule has 6 nitrogen and oxygen atoms in total. The predicted molar refractivity (Wildman–Crippen MR) is 68.2 cm³/mol. The van der Waals surface area contributed by atoms with Crippen LogP contribution in [0.4, 0.5) is 0 Å². The SMILES string of the molecule is CNCCC(=O)NCCc1nnc2ccccn12. The minimum atomic E-state index is 0.0539. The molecule has 2 rings (SSSR count). The van der Waals surface area contributed by atoms with Gasteiger partial charge in [0.15, 0.2) is 5.65 Å². The third-order valence-corrected chi connectivity index (χ3v) is 2.66. The van der Waals surface area contributed by atoms with E-state index in [1.807, 2.05) is 35.8 Å². The predicted octanol–water partition coefficient (Wildman–Crippen LogP) is -0.00250. The lowest BCUT2D eigenvalue weighted by molar-refractivity contribution is -0.120. The van der Waals surface area contributed by atoms with Gasteiger partial charge in [0.1, 0.15) is 5.82 Å². The monoisotopic (exact) mass is 247 g/mol. The lowest BCUT2D eigenvalue weighted by atomic mass is 10.3. The lowest BCUT2D eigenvalue weighted by Gasteiger charge is -2.04. The zero-order chi connectivity index (χ0) is 12.8. The summed E-state index contributed by atoms with van der Waals surface area (Å²) in [6, 6.07) is 5.76. The number of carbonyl (C=O) groups is 1. The van der Waals surface area contributed by atoms with Crippen molar-refractivity contribution >= 4 is 11.6 Å². The Morgan fingerprint density at radius 2 is 2.22 bits per heavy atom. The van der Waals surface area contributed by atoms with Gasteiger partial charge in [0.2, 0.25) is 5.91 Å². The first kappa shape index (κ1) is 12.5. The van der Waals surface area contributed by atoms with Gasteiger partial charge in [-0.25, -0.2) is 0 Å². The van der Waals surface area contributed by atoms with Gasteiger partial charge in [0.05, 0.1) is 0 Å². The molecular formula is C12H17N5O. The van der Waals surface area contributed by atoms with Crippen LogP contribution in [0, 0.1) is 0 Å². The summed E-state index contributed by atoms with van der Waals surface area (Å²) in [6.07, 6.45) is 3.10. The third-order valence-electron chi connectivity index (χ3n) is 2.66. The average Bonchev–Trinajstić information content (AvgIpc) is 2.80. The van der Waals surface area contributed by atoms with Crippen molar-refractivity contribution in [3.8, 4) is 0 Å². The molecule has 1 amide bonds. The molecule has 18 heavy (non-hydrogen) atoms. The van der Waals surface area contributed by atoms with Crippen molar-refractivity contribution < 1.29 is 4.79 Å². The van der Waals surface area contributed by atoms with E-state index in [2.05, 4.69) is 20.8 Å². The zero-order valence-electron chi connectivity index (χ0n) is 10.4. The maximum Gasteiger partial charge on any atom is 0.221 e. The number of amides is 1. The number of pyridine rings is 1. The standard InChI is InChI=1S/C12H17N5O/c1-13-7-6-12(18)14-8-5-11-16-15-10-4-2-3-9-17(10)11/h2-4,9,13H,5-8H2,1H3,(H,14,18). The zero-order valence-corrected chi connectivity index (χ0v) is 10.4. The van der Waals surface area contributed by atoms with Gasteiger partial charge in [-0.05, 0) is 19.2 Å². The Kier molecular flexibility index (Phi) is 4.25. The minimum absolute atomic E-state index is 0.0539. The summed E-state index contributed by atoms with van der Waals surface area (Å²) in [6.45, 7) is 1.28. The van der Waals surface area contributed by atoms with Crippen molar-refractivity contribution in [3.05, 3.63) is 30.2 Å². The Balaban J connectivity index is 1.85. The van der Waals surface area contributed by atoms with Gasteiger partial charge >= 0.3 is 0 Å². The van der Waals surface area contributed by atoms with Crippen LogP contribution in [0.5, 0.6) is 0 Å². The second-order valence-electron chi connectivity index (χ2n) is 4.00. The van der Waals surface area contributed by atoms with Gasteiger partial charge in [0.25, 0.3) is 0 Å². The molecule has 0 atom stereocenters. The van der Waals surface area contributed by atoms with Gasteiger partial charge < -0.3 is 10.6 Å². The van der Waals surface area contributed by atoms with E-state index in [1.54, 1.807) is 0 Å². The molecule has 0 spiro atoms. The van der Waals surface area contributed by atoms with Crippen LogP contribution in [0.1, 0.15) is 12.2 Å². The highest BCUT2D eigenvalue weighted by atomic mass is 16.1.